The Hall–Kier alpha value is -7.42. The largest absolute Gasteiger partial charge is 0.310 e. The molecule has 268 valence electrons. The Morgan fingerprint density at radius 3 is 1.33 bits per heavy atom. The van der Waals surface area contributed by atoms with Crippen LogP contribution in [0.4, 0.5) is 34.1 Å². The normalized spacial score (nSPS) is 14.4. The monoisotopic (exact) mass is 726 g/mol. The lowest BCUT2D eigenvalue weighted by molar-refractivity contribution is 0.793. The second kappa shape index (κ2) is 13.4. The number of fused-ring (bicyclic) bond motifs is 10. The molecule has 0 aliphatic heterocycles. The van der Waals surface area contributed by atoms with Crippen LogP contribution in [0, 0.1) is 0 Å². The van der Waals surface area contributed by atoms with Crippen LogP contribution in [0.3, 0.4) is 0 Å². The average Bonchev–Trinajstić information content (AvgIpc) is 3.76. The Morgan fingerprint density at radius 2 is 0.702 bits per heavy atom. The highest BCUT2D eigenvalue weighted by Crippen LogP contribution is 2.65. The number of hydrogen-bond donors (Lipinski definition) is 0. The van der Waals surface area contributed by atoms with Crippen molar-refractivity contribution in [1.29, 1.82) is 0 Å². The number of rotatable bonds is 7. The van der Waals surface area contributed by atoms with Gasteiger partial charge in [0.05, 0.1) is 11.1 Å². The maximum absolute atomic E-state index is 2.47. The Kier molecular flexibility index (Phi) is 7.75. The lowest BCUT2D eigenvalue weighted by atomic mass is 9.70. The zero-order valence-corrected chi connectivity index (χ0v) is 31.3. The Balaban J connectivity index is 1.16. The van der Waals surface area contributed by atoms with Crippen LogP contribution in [0.1, 0.15) is 22.3 Å². The van der Waals surface area contributed by atoms with Gasteiger partial charge in [-0.3, -0.25) is 0 Å². The fourth-order valence-corrected chi connectivity index (χ4v) is 9.52. The minimum Gasteiger partial charge on any atom is -0.310 e. The van der Waals surface area contributed by atoms with E-state index in [1.807, 2.05) is 0 Å². The molecule has 57 heavy (non-hydrogen) atoms. The van der Waals surface area contributed by atoms with E-state index in [0.29, 0.717) is 0 Å². The molecule has 0 radical (unpaired) electrons. The van der Waals surface area contributed by atoms with Gasteiger partial charge < -0.3 is 9.80 Å². The summed E-state index contributed by atoms with van der Waals surface area (Å²) in [5.41, 5.74) is 19.0. The van der Waals surface area contributed by atoms with Crippen molar-refractivity contribution in [3.05, 3.63) is 253 Å². The molecule has 2 heteroatoms. The summed E-state index contributed by atoms with van der Waals surface area (Å²) in [4.78, 5) is 4.82. The standard InChI is InChI=1S/C55H38N2/c1-5-18-39(19-6-1)40-32-34-44(35-33-40)56(41-20-7-2-8-21-41)45-36-37-47-46-26-13-15-28-49(46)55(52(47)38-45)50-29-16-14-27-48(50)54-51(55)30-17-31-53(54)57(42-22-9-3-10-23-42)43-24-11-4-12-25-43/h1-38H. The molecular weight excluding hydrogens is 689 g/mol. The van der Waals surface area contributed by atoms with Crippen LogP contribution >= 0.6 is 0 Å². The molecule has 0 fully saturated rings. The predicted octanol–water partition coefficient (Wildman–Crippen LogP) is 14.6. The molecule has 9 aromatic carbocycles. The van der Waals surface area contributed by atoms with Crippen molar-refractivity contribution >= 4 is 34.1 Å². The zero-order valence-electron chi connectivity index (χ0n) is 31.3. The van der Waals surface area contributed by atoms with E-state index in [4.69, 9.17) is 0 Å². The lowest BCUT2D eigenvalue weighted by Gasteiger charge is -2.33. The highest BCUT2D eigenvalue weighted by Gasteiger charge is 2.52. The van der Waals surface area contributed by atoms with Gasteiger partial charge in [0.15, 0.2) is 0 Å². The molecule has 11 rings (SSSR count). The van der Waals surface area contributed by atoms with Crippen molar-refractivity contribution < 1.29 is 0 Å². The van der Waals surface area contributed by atoms with Gasteiger partial charge in [-0.05, 0) is 117 Å². The number of benzene rings is 9. The van der Waals surface area contributed by atoms with Crippen LogP contribution in [0.15, 0.2) is 231 Å². The number of para-hydroxylation sites is 3. The smallest absolute Gasteiger partial charge is 0.0727 e. The van der Waals surface area contributed by atoms with Crippen LogP contribution in [-0.4, -0.2) is 0 Å². The summed E-state index contributed by atoms with van der Waals surface area (Å²) in [6.45, 7) is 0. The Bertz CT molecular complexity index is 2850. The van der Waals surface area contributed by atoms with Crippen molar-refractivity contribution in [2.45, 2.75) is 5.41 Å². The molecular formula is C55H38N2. The van der Waals surface area contributed by atoms with Gasteiger partial charge >= 0.3 is 0 Å². The van der Waals surface area contributed by atoms with Crippen LogP contribution in [0.5, 0.6) is 0 Å². The van der Waals surface area contributed by atoms with E-state index < -0.39 is 5.41 Å². The number of nitrogens with zero attached hydrogens (tertiary/aromatic N) is 2. The van der Waals surface area contributed by atoms with Gasteiger partial charge in [-0.15, -0.1) is 0 Å². The van der Waals surface area contributed by atoms with Crippen LogP contribution in [0.25, 0.3) is 33.4 Å². The second-order valence-corrected chi connectivity index (χ2v) is 14.9. The molecule has 1 spiro atoms. The summed E-state index contributed by atoms with van der Waals surface area (Å²) in [7, 11) is 0. The first kappa shape index (κ1) is 33.0. The Morgan fingerprint density at radius 1 is 0.263 bits per heavy atom. The van der Waals surface area contributed by atoms with Crippen LogP contribution in [-0.2, 0) is 5.41 Å². The van der Waals surface area contributed by atoms with E-state index in [1.54, 1.807) is 0 Å². The van der Waals surface area contributed by atoms with Crippen molar-refractivity contribution in [1.82, 2.24) is 0 Å². The quantitative estimate of drug-likeness (QED) is 0.161. The third kappa shape index (κ3) is 5.11. The van der Waals surface area contributed by atoms with Crippen LogP contribution in [0.2, 0.25) is 0 Å². The molecule has 0 N–H and O–H groups in total. The SMILES string of the molecule is c1ccc(-c2ccc(N(c3ccccc3)c3ccc4c(c3)C3(c5ccccc5-4)c4ccccc4-c4c(N(c5ccccc5)c5ccccc5)cccc43)cc2)cc1. The first-order valence-corrected chi connectivity index (χ1v) is 19.7. The predicted molar refractivity (Wildman–Crippen MR) is 238 cm³/mol. The molecule has 1 unspecified atom stereocenters. The third-order valence-electron chi connectivity index (χ3n) is 11.9. The molecule has 2 aliphatic rings. The van der Waals surface area contributed by atoms with Gasteiger partial charge in [0, 0.05) is 34.0 Å². The lowest BCUT2D eigenvalue weighted by Crippen LogP contribution is -2.26. The molecule has 0 bridgehead atoms. The Labute approximate surface area is 334 Å². The molecule has 2 aliphatic carbocycles. The van der Waals surface area contributed by atoms with Gasteiger partial charge in [0.1, 0.15) is 0 Å². The van der Waals surface area contributed by atoms with Crippen molar-refractivity contribution in [3.63, 3.8) is 0 Å². The summed E-state index contributed by atoms with van der Waals surface area (Å²) in [5.74, 6) is 0. The fourth-order valence-electron chi connectivity index (χ4n) is 9.52. The molecule has 0 aromatic heterocycles. The minimum atomic E-state index is -0.525. The van der Waals surface area contributed by atoms with Gasteiger partial charge in [-0.1, -0.05) is 164 Å². The van der Waals surface area contributed by atoms with E-state index in [1.165, 1.54) is 61.3 Å². The molecule has 0 saturated carbocycles. The van der Waals surface area contributed by atoms with E-state index in [-0.39, 0.29) is 0 Å². The van der Waals surface area contributed by atoms with Gasteiger partial charge in [0.25, 0.3) is 0 Å². The summed E-state index contributed by atoms with van der Waals surface area (Å²) in [5, 5.41) is 0. The molecule has 9 aromatic rings. The maximum atomic E-state index is 2.47. The van der Waals surface area contributed by atoms with Crippen molar-refractivity contribution in [2.75, 3.05) is 9.80 Å². The minimum absolute atomic E-state index is 0.525. The third-order valence-corrected chi connectivity index (χ3v) is 11.9. The summed E-state index contributed by atoms with van der Waals surface area (Å²) in [6, 6.07) is 84.1. The maximum Gasteiger partial charge on any atom is 0.0727 e. The first-order valence-electron chi connectivity index (χ1n) is 19.7. The van der Waals surface area contributed by atoms with Crippen molar-refractivity contribution in [3.8, 4) is 33.4 Å². The topological polar surface area (TPSA) is 6.48 Å². The van der Waals surface area contributed by atoms with E-state index in [2.05, 4.69) is 240 Å². The number of hydrogen-bond acceptors (Lipinski definition) is 2. The van der Waals surface area contributed by atoms with Gasteiger partial charge in [0.2, 0.25) is 0 Å². The fraction of sp³-hybridized carbons (Fsp3) is 0.0182. The average molecular weight is 727 g/mol. The molecule has 2 nitrogen and oxygen atoms in total. The van der Waals surface area contributed by atoms with E-state index >= 15 is 0 Å². The molecule has 0 heterocycles. The van der Waals surface area contributed by atoms with Gasteiger partial charge in [-0.2, -0.15) is 0 Å². The van der Waals surface area contributed by atoms with E-state index in [0.717, 1.165) is 28.4 Å². The molecule has 1 atom stereocenters. The van der Waals surface area contributed by atoms with E-state index in [9.17, 15) is 0 Å². The zero-order chi connectivity index (χ0) is 37.8. The van der Waals surface area contributed by atoms with Crippen molar-refractivity contribution in [2.24, 2.45) is 0 Å². The first-order chi connectivity index (χ1) is 28.3. The second-order valence-electron chi connectivity index (χ2n) is 14.9. The molecule has 0 saturated heterocycles. The number of anilines is 6. The van der Waals surface area contributed by atoms with Gasteiger partial charge in [-0.25, -0.2) is 0 Å². The van der Waals surface area contributed by atoms with Crippen LogP contribution < -0.4 is 9.80 Å². The highest BCUT2D eigenvalue weighted by atomic mass is 15.1. The summed E-state index contributed by atoms with van der Waals surface area (Å²) < 4.78 is 0. The highest BCUT2D eigenvalue weighted by molar-refractivity contribution is 6.01. The molecule has 0 amide bonds. The summed E-state index contributed by atoms with van der Waals surface area (Å²) in [6.07, 6.45) is 0. The summed E-state index contributed by atoms with van der Waals surface area (Å²) >= 11 is 0.